The normalized spacial score (nSPS) is 20.3. The van der Waals surface area contributed by atoms with Crippen molar-refractivity contribution in [2.45, 2.75) is 64.2 Å². The molecule has 4 heterocycles. The topological polar surface area (TPSA) is 61.7 Å². The molecule has 0 radical (unpaired) electrons. The Labute approximate surface area is 271 Å². The van der Waals surface area contributed by atoms with Gasteiger partial charge in [0.1, 0.15) is 6.04 Å². The average molecular weight is 614 g/mol. The molecule has 1 unspecified atom stereocenters. The molecule has 3 aromatic carbocycles. The summed E-state index contributed by atoms with van der Waals surface area (Å²) in [4.78, 5) is 38.9. The number of piperazine rings is 1. The summed E-state index contributed by atoms with van der Waals surface area (Å²) in [7, 11) is 0. The first-order valence-corrected chi connectivity index (χ1v) is 16.8. The lowest BCUT2D eigenvalue weighted by atomic mass is 9.90. The van der Waals surface area contributed by atoms with E-state index in [1.165, 1.54) is 27.4 Å². The summed E-state index contributed by atoms with van der Waals surface area (Å²) in [6, 6.07) is 28.9. The van der Waals surface area contributed by atoms with Crippen molar-refractivity contribution in [2.75, 3.05) is 26.2 Å². The molecule has 1 fully saturated rings. The van der Waals surface area contributed by atoms with Gasteiger partial charge in [0.05, 0.1) is 0 Å². The van der Waals surface area contributed by atoms with E-state index in [0.29, 0.717) is 19.4 Å². The number of fused-ring (bicyclic) bond motifs is 4. The summed E-state index contributed by atoms with van der Waals surface area (Å²) < 4.78 is 2.46. The van der Waals surface area contributed by atoms with Crippen molar-refractivity contribution in [3.05, 3.63) is 114 Å². The summed E-state index contributed by atoms with van der Waals surface area (Å²) in [6.45, 7) is 8.46. The first-order chi connectivity index (χ1) is 22.5. The third kappa shape index (κ3) is 5.80. The van der Waals surface area contributed by atoms with Crippen molar-refractivity contribution in [1.82, 2.24) is 24.3 Å². The number of amides is 2. The molecule has 0 saturated carbocycles. The molecule has 2 aliphatic rings. The highest BCUT2D eigenvalue weighted by atomic mass is 16.2. The molecule has 2 amide bonds. The fraction of sp³-hybridized carbons (Fsp3) is 0.359. The standard InChI is InChI=1S/C39H43N5O2/c1-28-26-41(22-10-23-42-35-16-7-5-14-33(35)34-15-6-8-17-36(34)42)27-29(2)44(28)39(46)38-32-13-4-3-12-31(32)20-24-43(38)37(45)19-18-30-11-9-21-40-25-30/h3-9,11-17,21,25,28-29,38H,10,18-20,22-24,26-27H2,1-2H3/t28-,29+,38?. The number of rotatable bonds is 8. The van der Waals surface area contributed by atoms with Crippen LogP contribution in [0.3, 0.4) is 0 Å². The minimum absolute atomic E-state index is 0.0284. The lowest BCUT2D eigenvalue weighted by molar-refractivity contribution is -0.152. The summed E-state index contributed by atoms with van der Waals surface area (Å²) in [5.41, 5.74) is 5.75. The van der Waals surface area contributed by atoms with Gasteiger partial charge >= 0.3 is 0 Å². The number of carbonyl (C=O) groups excluding carboxylic acids is 2. The number of hydrogen-bond donors (Lipinski definition) is 0. The molecule has 5 aromatic rings. The van der Waals surface area contributed by atoms with Crippen LogP contribution in [0.25, 0.3) is 21.8 Å². The van der Waals surface area contributed by atoms with Crippen LogP contribution in [0, 0.1) is 0 Å². The second-order valence-electron chi connectivity index (χ2n) is 13.0. The van der Waals surface area contributed by atoms with E-state index in [0.717, 1.165) is 50.1 Å². The maximum atomic E-state index is 14.6. The summed E-state index contributed by atoms with van der Waals surface area (Å²) >= 11 is 0. The van der Waals surface area contributed by atoms with E-state index in [-0.39, 0.29) is 23.9 Å². The second-order valence-corrected chi connectivity index (χ2v) is 13.0. The van der Waals surface area contributed by atoms with Gasteiger partial charge < -0.3 is 14.4 Å². The van der Waals surface area contributed by atoms with Gasteiger partial charge in [0, 0.05) is 85.4 Å². The van der Waals surface area contributed by atoms with Crippen molar-refractivity contribution in [2.24, 2.45) is 0 Å². The van der Waals surface area contributed by atoms with Gasteiger partial charge in [0.15, 0.2) is 0 Å². The Morgan fingerprint density at radius 2 is 1.48 bits per heavy atom. The number of aromatic nitrogens is 2. The molecular formula is C39H43N5O2. The first-order valence-electron chi connectivity index (χ1n) is 16.8. The zero-order valence-corrected chi connectivity index (χ0v) is 26.9. The van der Waals surface area contributed by atoms with Gasteiger partial charge in [-0.3, -0.25) is 19.5 Å². The zero-order chi connectivity index (χ0) is 31.6. The van der Waals surface area contributed by atoms with E-state index in [1.807, 2.05) is 41.4 Å². The van der Waals surface area contributed by atoms with Gasteiger partial charge in [-0.2, -0.15) is 0 Å². The minimum atomic E-state index is -0.585. The number of aryl methyl sites for hydroxylation is 2. The van der Waals surface area contributed by atoms with Gasteiger partial charge in [-0.15, -0.1) is 0 Å². The second kappa shape index (κ2) is 13.1. The Bertz CT molecular complexity index is 1780. The third-order valence-electron chi connectivity index (χ3n) is 9.97. The first kappa shape index (κ1) is 30.2. The number of nitrogens with zero attached hydrogens (tertiary/aromatic N) is 5. The van der Waals surface area contributed by atoms with Crippen LogP contribution in [0.1, 0.15) is 49.4 Å². The molecule has 0 aliphatic carbocycles. The SMILES string of the molecule is C[C@@H]1CN(CCCn2c3ccccc3c3ccccc32)C[C@H](C)N1C(=O)C1c2ccccc2CCN1C(=O)CCc1cccnc1. The molecule has 7 heteroatoms. The van der Waals surface area contributed by atoms with Crippen LogP contribution >= 0.6 is 0 Å². The van der Waals surface area contributed by atoms with E-state index in [4.69, 9.17) is 0 Å². The van der Waals surface area contributed by atoms with Crippen LogP contribution in [0.5, 0.6) is 0 Å². The van der Waals surface area contributed by atoms with Gasteiger partial charge in [-0.05, 0) is 68.0 Å². The smallest absolute Gasteiger partial charge is 0.250 e. The Balaban J connectivity index is 1.04. The molecule has 0 N–H and O–H groups in total. The highest BCUT2D eigenvalue weighted by Crippen LogP contribution is 2.34. The van der Waals surface area contributed by atoms with E-state index in [2.05, 4.69) is 87.8 Å². The van der Waals surface area contributed by atoms with Gasteiger partial charge in [-0.1, -0.05) is 66.7 Å². The van der Waals surface area contributed by atoms with Crippen LogP contribution in [-0.4, -0.2) is 74.3 Å². The quantitative estimate of drug-likeness (QED) is 0.207. The monoisotopic (exact) mass is 613 g/mol. The molecule has 2 aliphatic heterocycles. The van der Waals surface area contributed by atoms with Crippen LogP contribution < -0.4 is 0 Å². The Morgan fingerprint density at radius 1 is 0.804 bits per heavy atom. The van der Waals surface area contributed by atoms with E-state index < -0.39 is 6.04 Å². The number of carbonyl (C=O) groups is 2. The van der Waals surface area contributed by atoms with Gasteiger partial charge in [0.25, 0.3) is 5.91 Å². The lowest BCUT2D eigenvalue weighted by Gasteiger charge is -2.48. The van der Waals surface area contributed by atoms with Crippen molar-refractivity contribution < 1.29 is 9.59 Å². The fourth-order valence-electron chi connectivity index (χ4n) is 7.93. The molecule has 0 spiro atoms. The maximum absolute atomic E-state index is 14.6. The predicted octanol–water partition coefficient (Wildman–Crippen LogP) is 6.26. The van der Waals surface area contributed by atoms with Crippen LogP contribution in [-0.2, 0) is 29.0 Å². The molecule has 46 heavy (non-hydrogen) atoms. The van der Waals surface area contributed by atoms with Crippen LogP contribution in [0.2, 0.25) is 0 Å². The molecule has 7 nitrogen and oxygen atoms in total. The summed E-state index contributed by atoms with van der Waals surface area (Å²) in [6.07, 6.45) is 6.34. The van der Waals surface area contributed by atoms with Crippen LogP contribution in [0.4, 0.5) is 0 Å². The molecular weight excluding hydrogens is 570 g/mol. The van der Waals surface area contributed by atoms with E-state index >= 15 is 0 Å². The molecule has 1 saturated heterocycles. The molecule has 0 bridgehead atoms. The van der Waals surface area contributed by atoms with Crippen molar-refractivity contribution in [3.63, 3.8) is 0 Å². The van der Waals surface area contributed by atoms with Crippen molar-refractivity contribution in [3.8, 4) is 0 Å². The Morgan fingerprint density at radius 3 is 2.17 bits per heavy atom. The highest BCUT2D eigenvalue weighted by Gasteiger charge is 2.42. The molecule has 3 atom stereocenters. The Hall–Kier alpha value is -4.49. The van der Waals surface area contributed by atoms with Crippen molar-refractivity contribution >= 4 is 33.6 Å². The Kier molecular flexibility index (Phi) is 8.59. The maximum Gasteiger partial charge on any atom is 0.250 e. The third-order valence-corrected chi connectivity index (χ3v) is 9.97. The summed E-state index contributed by atoms with van der Waals surface area (Å²) in [5.74, 6) is 0.0764. The predicted molar refractivity (Wildman–Crippen MR) is 183 cm³/mol. The minimum Gasteiger partial charge on any atom is -0.340 e. The summed E-state index contributed by atoms with van der Waals surface area (Å²) in [5, 5.41) is 2.61. The number of benzene rings is 3. The highest BCUT2D eigenvalue weighted by molar-refractivity contribution is 6.07. The van der Waals surface area contributed by atoms with Gasteiger partial charge in [0.2, 0.25) is 5.91 Å². The van der Waals surface area contributed by atoms with Crippen molar-refractivity contribution in [1.29, 1.82) is 0 Å². The largest absolute Gasteiger partial charge is 0.340 e. The van der Waals surface area contributed by atoms with Crippen LogP contribution in [0.15, 0.2) is 97.3 Å². The molecule has 7 rings (SSSR count). The average Bonchev–Trinajstić information content (AvgIpc) is 3.40. The number of hydrogen-bond acceptors (Lipinski definition) is 4. The lowest BCUT2D eigenvalue weighted by Crippen LogP contribution is -2.61. The molecule has 2 aromatic heterocycles. The number of para-hydroxylation sites is 2. The molecule has 236 valence electrons. The number of pyridine rings is 1. The van der Waals surface area contributed by atoms with E-state index in [9.17, 15) is 9.59 Å². The zero-order valence-electron chi connectivity index (χ0n) is 26.9. The van der Waals surface area contributed by atoms with Gasteiger partial charge in [-0.25, -0.2) is 0 Å². The van der Waals surface area contributed by atoms with E-state index in [1.54, 1.807) is 6.20 Å². The fourth-order valence-corrected chi connectivity index (χ4v) is 7.93.